The van der Waals surface area contributed by atoms with E-state index in [1.807, 2.05) is 0 Å². The van der Waals surface area contributed by atoms with Gasteiger partial charge in [-0.3, -0.25) is 4.79 Å². The summed E-state index contributed by atoms with van der Waals surface area (Å²) >= 11 is 0. The quantitative estimate of drug-likeness (QED) is 0.134. The standard InChI is InChI=1S/C24H22O19/c1-36-19(31)12-11(18(29)30)13(20(32)37-2)17(42-22(34)39-4)24(43-23(35)40-5,16(12)41-21(33)38-3)15(28)8-6-9(25)14(27)10(26)7-8/h6-7,16,25-27H,1-5H3,(H,29,30). The number of benzene rings is 1. The van der Waals surface area contributed by atoms with Gasteiger partial charge in [0.15, 0.2) is 29.1 Å². The number of methoxy groups -OCH3 is 5. The van der Waals surface area contributed by atoms with Crippen LogP contribution in [0.2, 0.25) is 0 Å². The van der Waals surface area contributed by atoms with Crippen molar-refractivity contribution in [2.45, 2.75) is 11.7 Å². The number of aromatic hydroxyl groups is 3. The monoisotopic (exact) mass is 614 g/mol. The van der Waals surface area contributed by atoms with Crippen molar-refractivity contribution in [2.24, 2.45) is 0 Å². The van der Waals surface area contributed by atoms with Crippen LogP contribution in [0.4, 0.5) is 14.4 Å². The number of carbonyl (C=O) groups is 7. The Hall–Kier alpha value is -6.01. The molecule has 0 amide bonds. The first-order valence-electron chi connectivity index (χ1n) is 11.1. The van der Waals surface area contributed by atoms with Gasteiger partial charge in [0.25, 0.3) is 5.60 Å². The van der Waals surface area contributed by atoms with E-state index in [9.17, 15) is 54.0 Å². The Balaban J connectivity index is 3.40. The van der Waals surface area contributed by atoms with Gasteiger partial charge in [-0.25, -0.2) is 28.8 Å². The summed E-state index contributed by atoms with van der Waals surface area (Å²) in [5, 5.41) is 40.0. The average molecular weight is 614 g/mol. The van der Waals surface area contributed by atoms with Crippen molar-refractivity contribution in [1.82, 2.24) is 0 Å². The Bertz CT molecular complexity index is 1430. The molecule has 0 saturated heterocycles. The van der Waals surface area contributed by atoms with Gasteiger partial charge in [0.1, 0.15) is 5.57 Å². The van der Waals surface area contributed by atoms with Gasteiger partial charge in [-0.1, -0.05) is 0 Å². The maximum atomic E-state index is 14.3. The molecule has 0 aliphatic heterocycles. The van der Waals surface area contributed by atoms with E-state index in [0.717, 1.165) is 14.2 Å². The van der Waals surface area contributed by atoms with Crippen LogP contribution in [0.3, 0.4) is 0 Å². The first kappa shape index (κ1) is 33.2. The molecule has 0 radical (unpaired) electrons. The zero-order valence-electron chi connectivity index (χ0n) is 22.6. The summed E-state index contributed by atoms with van der Waals surface area (Å²) in [6.45, 7) is 0. The first-order chi connectivity index (χ1) is 20.2. The van der Waals surface area contributed by atoms with E-state index in [1.165, 1.54) is 0 Å². The molecule has 1 aromatic rings. The molecule has 2 rings (SSSR count). The fraction of sp³-hybridized carbons (Fsp3) is 0.292. The number of phenolic OH excluding ortho intramolecular Hbond substituents is 3. The highest BCUT2D eigenvalue weighted by atomic mass is 16.8. The van der Waals surface area contributed by atoms with Gasteiger partial charge in [-0.2, -0.15) is 0 Å². The van der Waals surface area contributed by atoms with Crippen LogP contribution in [0, 0.1) is 0 Å². The number of hydrogen-bond donors (Lipinski definition) is 4. The second kappa shape index (κ2) is 13.1. The third kappa shape index (κ3) is 6.04. The van der Waals surface area contributed by atoms with Gasteiger partial charge >= 0.3 is 36.4 Å². The minimum Gasteiger partial charge on any atom is -0.504 e. The summed E-state index contributed by atoms with van der Waals surface area (Å²) in [5.41, 5.74) is -8.94. The van der Waals surface area contributed by atoms with Gasteiger partial charge in [0.05, 0.1) is 46.7 Å². The Morgan fingerprint density at radius 1 is 0.698 bits per heavy atom. The van der Waals surface area contributed by atoms with Crippen LogP contribution in [-0.4, -0.2) is 110 Å². The van der Waals surface area contributed by atoms with E-state index < -0.39 is 99.2 Å². The SMILES string of the molecule is COC(=O)OC1=C(C(=O)OC)C(C(=O)O)=C(C(=O)OC)C(OC(=O)OC)C1(OC(=O)OC)C(=O)c1cc(O)c(O)c(O)c1. The van der Waals surface area contributed by atoms with Crippen molar-refractivity contribution in [3.05, 3.63) is 40.2 Å². The van der Waals surface area contributed by atoms with Gasteiger partial charge in [0, 0.05) is 5.56 Å². The molecule has 0 saturated carbocycles. The molecule has 2 atom stereocenters. The topological polar surface area (TPSA) is 274 Å². The summed E-state index contributed by atoms with van der Waals surface area (Å²) in [6.07, 6.45) is -8.34. The lowest BCUT2D eigenvalue weighted by atomic mass is 9.73. The number of ketones is 1. The molecule has 1 aromatic carbocycles. The Morgan fingerprint density at radius 3 is 1.65 bits per heavy atom. The highest BCUT2D eigenvalue weighted by Crippen LogP contribution is 2.47. The smallest absolute Gasteiger partial charge is 0.504 e. The number of ether oxygens (including phenoxy) is 8. The molecule has 1 aliphatic rings. The summed E-state index contributed by atoms with van der Waals surface area (Å²) < 4.78 is 37.5. The van der Waals surface area contributed by atoms with Crippen molar-refractivity contribution in [3.8, 4) is 17.2 Å². The lowest BCUT2D eigenvalue weighted by Crippen LogP contribution is -2.61. The number of rotatable bonds is 8. The predicted molar refractivity (Wildman–Crippen MR) is 128 cm³/mol. The Morgan fingerprint density at radius 2 is 1.21 bits per heavy atom. The fourth-order valence-corrected chi connectivity index (χ4v) is 3.75. The number of carboxylic acid groups (broad SMARTS) is 1. The largest absolute Gasteiger partial charge is 0.513 e. The molecule has 0 spiro atoms. The number of Topliss-reactive ketones (excluding diaryl/α,β-unsaturated/α-hetero) is 1. The molecule has 0 aromatic heterocycles. The Labute approximate surface area is 239 Å². The molecular formula is C24H22O19. The van der Waals surface area contributed by atoms with Crippen LogP contribution in [0.1, 0.15) is 10.4 Å². The summed E-state index contributed by atoms with van der Waals surface area (Å²) in [6, 6.07) is 0.910. The number of aliphatic carboxylic acids is 1. The molecule has 19 nitrogen and oxygen atoms in total. The molecule has 232 valence electrons. The van der Waals surface area contributed by atoms with Crippen LogP contribution in [0.5, 0.6) is 17.2 Å². The molecule has 43 heavy (non-hydrogen) atoms. The van der Waals surface area contributed by atoms with Gasteiger partial charge < -0.3 is 58.3 Å². The number of carboxylic acids is 1. The van der Waals surface area contributed by atoms with E-state index in [-0.39, 0.29) is 0 Å². The normalized spacial score (nSPS) is 17.7. The number of carbonyl (C=O) groups excluding carboxylic acids is 6. The number of phenols is 3. The van der Waals surface area contributed by atoms with Crippen molar-refractivity contribution in [3.63, 3.8) is 0 Å². The molecule has 4 N–H and O–H groups in total. The van der Waals surface area contributed by atoms with E-state index in [2.05, 4.69) is 23.7 Å². The summed E-state index contributed by atoms with van der Waals surface area (Å²) in [4.78, 5) is 90.5. The van der Waals surface area contributed by atoms with Crippen LogP contribution in [0.25, 0.3) is 0 Å². The van der Waals surface area contributed by atoms with Crippen molar-refractivity contribution in [2.75, 3.05) is 35.5 Å². The highest BCUT2D eigenvalue weighted by molar-refractivity contribution is 6.17. The molecule has 2 unspecified atom stereocenters. The van der Waals surface area contributed by atoms with Crippen molar-refractivity contribution in [1.29, 1.82) is 0 Å². The Kier molecular flexibility index (Phi) is 10.1. The van der Waals surface area contributed by atoms with E-state index in [1.54, 1.807) is 0 Å². The first-order valence-corrected chi connectivity index (χ1v) is 11.1. The highest BCUT2D eigenvalue weighted by Gasteiger charge is 2.66. The van der Waals surface area contributed by atoms with Gasteiger partial charge in [-0.05, 0) is 12.1 Å². The third-order valence-corrected chi connectivity index (χ3v) is 5.54. The maximum Gasteiger partial charge on any atom is 0.513 e. The third-order valence-electron chi connectivity index (χ3n) is 5.54. The second-order valence-corrected chi connectivity index (χ2v) is 7.77. The summed E-state index contributed by atoms with van der Waals surface area (Å²) in [7, 11) is 3.55. The van der Waals surface area contributed by atoms with Crippen LogP contribution < -0.4 is 0 Å². The lowest BCUT2D eigenvalue weighted by molar-refractivity contribution is -0.144. The molecule has 0 fully saturated rings. The molecule has 19 heteroatoms. The van der Waals surface area contributed by atoms with Crippen LogP contribution in [0.15, 0.2) is 34.6 Å². The second-order valence-electron chi connectivity index (χ2n) is 7.77. The van der Waals surface area contributed by atoms with Crippen molar-refractivity contribution >= 4 is 42.2 Å². The predicted octanol–water partition coefficient (Wildman–Crippen LogP) is 0.437. The molecule has 0 heterocycles. The molecule has 0 bridgehead atoms. The molecular weight excluding hydrogens is 592 g/mol. The van der Waals surface area contributed by atoms with Gasteiger partial charge in [0.2, 0.25) is 5.78 Å². The molecule has 1 aliphatic carbocycles. The van der Waals surface area contributed by atoms with E-state index >= 15 is 0 Å². The fourth-order valence-electron chi connectivity index (χ4n) is 3.75. The minimum atomic E-state index is -3.70. The average Bonchev–Trinajstić information content (AvgIpc) is 2.98. The summed E-state index contributed by atoms with van der Waals surface area (Å²) in [5.74, 6) is -12.5. The van der Waals surface area contributed by atoms with E-state index in [0.29, 0.717) is 33.5 Å². The number of hydrogen-bond acceptors (Lipinski definition) is 18. The number of esters is 2. The lowest BCUT2D eigenvalue weighted by Gasteiger charge is -2.41. The zero-order chi connectivity index (χ0) is 32.8. The van der Waals surface area contributed by atoms with Crippen LogP contribution >= 0.6 is 0 Å². The van der Waals surface area contributed by atoms with E-state index in [4.69, 9.17) is 14.2 Å². The van der Waals surface area contributed by atoms with Crippen LogP contribution in [-0.2, 0) is 52.3 Å². The minimum absolute atomic E-state index is 0.455. The zero-order valence-corrected chi connectivity index (χ0v) is 22.6. The maximum absolute atomic E-state index is 14.3. The van der Waals surface area contributed by atoms with Gasteiger partial charge in [-0.15, -0.1) is 0 Å². The van der Waals surface area contributed by atoms with Crippen molar-refractivity contribution < 1.29 is 91.9 Å².